The fourth-order valence-electron chi connectivity index (χ4n) is 2.28. The summed E-state index contributed by atoms with van der Waals surface area (Å²) in [4.78, 5) is 10.9. The normalized spacial score (nSPS) is 18.0. The van der Waals surface area contributed by atoms with Gasteiger partial charge < -0.3 is 10.1 Å². The smallest absolute Gasteiger partial charge is 0.311 e. The molecule has 1 atom stereocenters. The van der Waals surface area contributed by atoms with Crippen molar-refractivity contribution in [2.24, 2.45) is 0 Å². The molecule has 1 aliphatic carbocycles. The fourth-order valence-corrected chi connectivity index (χ4v) is 2.28. The van der Waals surface area contributed by atoms with Gasteiger partial charge in [-0.1, -0.05) is 26.0 Å². The van der Waals surface area contributed by atoms with E-state index in [0.717, 1.165) is 24.8 Å². The highest BCUT2D eigenvalue weighted by Crippen LogP contribution is 2.30. The number of nitro groups is 1. The summed E-state index contributed by atoms with van der Waals surface area (Å²) in [5.74, 6) is 0.352. The van der Waals surface area contributed by atoms with Gasteiger partial charge in [0.05, 0.1) is 4.92 Å². The van der Waals surface area contributed by atoms with Crippen LogP contribution in [0.25, 0.3) is 0 Å². The minimum atomic E-state index is -0.374. The van der Waals surface area contributed by atoms with Crippen LogP contribution < -0.4 is 10.1 Å². The summed E-state index contributed by atoms with van der Waals surface area (Å²) in [7, 11) is 0. The van der Waals surface area contributed by atoms with Crippen LogP contribution in [-0.4, -0.2) is 17.1 Å². The van der Waals surface area contributed by atoms with E-state index in [1.54, 1.807) is 12.1 Å². The van der Waals surface area contributed by atoms with Crippen LogP contribution in [0.3, 0.4) is 0 Å². The molecule has 0 aliphatic heterocycles. The third-order valence-electron chi connectivity index (χ3n) is 3.42. The quantitative estimate of drug-likeness (QED) is 0.494. The second kappa shape index (κ2) is 7.22. The van der Waals surface area contributed by atoms with Crippen molar-refractivity contribution in [1.82, 2.24) is 5.32 Å². The van der Waals surface area contributed by atoms with Gasteiger partial charge in [0.1, 0.15) is 6.10 Å². The summed E-state index contributed by atoms with van der Waals surface area (Å²) in [5.41, 5.74) is 0.930. The van der Waals surface area contributed by atoms with Crippen LogP contribution in [0, 0.1) is 10.1 Å². The Labute approximate surface area is 125 Å². The van der Waals surface area contributed by atoms with Crippen LogP contribution in [0.1, 0.15) is 38.7 Å². The Kier molecular flexibility index (Phi) is 5.33. The minimum Gasteiger partial charge on any atom is -0.479 e. The van der Waals surface area contributed by atoms with Crippen molar-refractivity contribution in [2.45, 2.75) is 51.8 Å². The molecule has 5 nitrogen and oxygen atoms in total. The Hall–Kier alpha value is -1.88. The van der Waals surface area contributed by atoms with Crippen molar-refractivity contribution < 1.29 is 9.66 Å². The van der Waals surface area contributed by atoms with Crippen molar-refractivity contribution in [1.29, 1.82) is 0 Å². The molecule has 0 saturated heterocycles. The molecule has 0 aromatic heterocycles. The van der Waals surface area contributed by atoms with Gasteiger partial charge in [-0.25, -0.2) is 0 Å². The molecule has 1 aromatic carbocycles. The SMILES string of the molecule is CC(C)NCc1ccc(OC2C=CCCC2)c([N+](=O)[O-])c1. The molecular formula is C16H22N2O3. The van der Waals surface area contributed by atoms with E-state index in [-0.39, 0.29) is 16.7 Å². The largest absolute Gasteiger partial charge is 0.479 e. The van der Waals surface area contributed by atoms with Crippen molar-refractivity contribution >= 4 is 5.69 Å². The van der Waals surface area contributed by atoms with Gasteiger partial charge >= 0.3 is 5.69 Å². The number of benzene rings is 1. The van der Waals surface area contributed by atoms with Crippen molar-refractivity contribution in [3.05, 3.63) is 46.0 Å². The first-order valence-corrected chi connectivity index (χ1v) is 7.40. The first kappa shape index (κ1) is 15.5. The Balaban J connectivity index is 2.14. The first-order valence-electron chi connectivity index (χ1n) is 7.40. The van der Waals surface area contributed by atoms with E-state index < -0.39 is 0 Å². The highest BCUT2D eigenvalue weighted by molar-refractivity contribution is 5.49. The Morgan fingerprint density at radius 3 is 2.90 bits per heavy atom. The maximum atomic E-state index is 11.2. The number of ether oxygens (including phenoxy) is 1. The third-order valence-corrected chi connectivity index (χ3v) is 3.42. The number of nitrogens with one attached hydrogen (secondary N) is 1. The maximum Gasteiger partial charge on any atom is 0.311 e. The second-order valence-corrected chi connectivity index (χ2v) is 5.61. The molecule has 0 spiro atoms. The van der Waals surface area contributed by atoms with Gasteiger partial charge in [-0.3, -0.25) is 10.1 Å². The zero-order chi connectivity index (χ0) is 15.2. The standard InChI is InChI=1S/C16H22N2O3/c1-12(2)17-11-13-8-9-16(15(10-13)18(19)20)21-14-6-4-3-5-7-14/h4,6,8-10,12,14,17H,3,5,7,11H2,1-2H3. The summed E-state index contributed by atoms with van der Waals surface area (Å²) in [6, 6.07) is 5.52. The van der Waals surface area contributed by atoms with Gasteiger partial charge in [0.2, 0.25) is 0 Å². The van der Waals surface area contributed by atoms with Crippen LogP contribution >= 0.6 is 0 Å². The van der Waals surface area contributed by atoms with Crippen LogP contribution in [-0.2, 0) is 6.54 Å². The van der Waals surface area contributed by atoms with E-state index in [2.05, 4.69) is 11.4 Å². The second-order valence-electron chi connectivity index (χ2n) is 5.61. The summed E-state index contributed by atoms with van der Waals surface area (Å²) in [6.07, 6.45) is 7.02. The number of hydrogen-bond acceptors (Lipinski definition) is 4. The van der Waals surface area contributed by atoms with Gasteiger partial charge in [0.25, 0.3) is 0 Å². The van der Waals surface area contributed by atoms with Gasteiger partial charge in [-0.15, -0.1) is 0 Å². The summed E-state index contributed by atoms with van der Waals surface area (Å²) in [5, 5.41) is 14.5. The Morgan fingerprint density at radius 2 is 2.29 bits per heavy atom. The van der Waals surface area contributed by atoms with Crippen molar-refractivity contribution in [2.75, 3.05) is 0 Å². The summed E-state index contributed by atoms with van der Waals surface area (Å²) < 4.78 is 5.78. The molecule has 1 N–H and O–H groups in total. The summed E-state index contributed by atoms with van der Waals surface area (Å²) in [6.45, 7) is 4.70. The third kappa shape index (κ3) is 4.56. The van der Waals surface area contributed by atoms with E-state index >= 15 is 0 Å². The number of rotatable bonds is 6. The predicted molar refractivity (Wildman–Crippen MR) is 82.5 cm³/mol. The Morgan fingerprint density at radius 1 is 1.48 bits per heavy atom. The van der Waals surface area contributed by atoms with E-state index in [1.165, 1.54) is 0 Å². The van der Waals surface area contributed by atoms with E-state index in [4.69, 9.17) is 4.74 Å². The molecular weight excluding hydrogens is 268 g/mol. The van der Waals surface area contributed by atoms with E-state index in [0.29, 0.717) is 18.3 Å². The van der Waals surface area contributed by atoms with Crippen LogP contribution in [0.4, 0.5) is 5.69 Å². The van der Waals surface area contributed by atoms with Crippen LogP contribution in [0.5, 0.6) is 5.75 Å². The van der Waals surface area contributed by atoms with E-state index in [1.807, 2.05) is 26.0 Å². The fraction of sp³-hybridized carbons (Fsp3) is 0.500. The lowest BCUT2D eigenvalue weighted by Gasteiger charge is -2.18. The summed E-state index contributed by atoms with van der Waals surface area (Å²) >= 11 is 0. The number of nitrogens with zero attached hydrogens (tertiary/aromatic N) is 1. The highest BCUT2D eigenvalue weighted by atomic mass is 16.6. The zero-order valence-corrected chi connectivity index (χ0v) is 12.5. The number of nitro benzene ring substituents is 1. The minimum absolute atomic E-state index is 0.0389. The molecule has 0 fully saturated rings. The molecule has 0 heterocycles. The van der Waals surface area contributed by atoms with Crippen LogP contribution in [0.15, 0.2) is 30.4 Å². The molecule has 2 rings (SSSR count). The molecule has 0 amide bonds. The molecule has 1 unspecified atom stereocenters. The maximum absolute atomic E-state index is 11.2. The predicted octanol–water partition coefficient (Wildman–Crippen LogP) is 3.58. The van der Waals surface area contributed by atoms with Gasteiger partial charge in [0, 0.05) is 18.7 Å². The number of allylic oxidation sites excluding steroid dienone is 1. The lowest BCUT2D eigenvalue weighted by atomic mass is 10.1. The van der Waals surface area contributed by atoms with Crippen molar-refractivity contribution in [3.63, 3.8) is 0 Å². The molecule has 114 valence electrons. The highest BCUT2D eigenvalue weighted by Gasteiger charge is 2.19. The van der Waals surface area contributed by atoms with E-state index in [9.17, 15) is 10.1 Å². The van der Waals surface area contributed by atoms with Crippen LogP contribution in [0.2, 0.25) is 0 Å². The molecule has 21 heavy (non-hydrogen) atoms. The lowest BCUT2D eigenvalue weighted by molar-refractivity contribution is -0.386. The molecule has 0 saturated carbocycles. The van der Waals surface area contributed by atoms with Gasteiger partial charge in [0.15, 0.2) is 5.75 Å². The molecule has 0 radical (unpaired) electrons. The lowest BCUT2D eigenvalue weighted by Crippen LogP contribution is -2.22. The zero-order valence-electron chi connectivity index (χ0n) is 12.5. The molecule has 0 bridgehead atoms. The molecule has 1 aromatic rings. The average molecular weight is 290 g/mol. The molecule has 1 aliphatic rings. The van der Waals surface area contributed by atoms with Crippen molar-refractivity contribution in [3.8, 4) is 5.75 Å². The Bertz CT molecular complexity index is 526. The van der Waals surface area contributed by atoms with Gasteiger partial charge in [-0.05, 0) is 37.0 Å². The monoisotopic (exact) mass is 290 g/mol. The first-order chi connectivity index (χ1) is 10.1. The van der Waals surface area contributed by atoms with Gasteiger partial charge in [-0.2, -0.15) is 0 Å². The average Bonchev–Trinajstić information content (AvgIpc) is 2.47. The molecule has 5 heteroatoms. The number of hydrogen-bond donors (Lipinski definition) is 1. The topological polar surface area (TPSA) is 64.4 Å².